The number of carbonyl (C=O) groups is 2. The number of nitrogens with one attached hydrogen (secondary N) is 1. The summed E-state index contributed by atoms with van der Waals surface area (Å²) in [5.41, 5.74) is 4.75. The van der Waals surface area contributed by atoms with Gasteiger partial charge in [-0.2, -0.15) is 31.4 Å². The molecule has 0 amide bonds. The molecule has 0 aromatic carbocycles. The normalized spacial score (nSPS) is 14.6. The second kappa shape index (κ2) is 13.7. The molecule has 1 atom stereocenters. The maximum atomic E-state index is 12.4. The Labute approximate surface area is 222 Å². The van der Waals surface area contributed by atoms with Crippen molar-refractivity contribution in [2.24, 2.45) is 7.05 Å². The summed E-state index contributed by atoms with van der Waals surface area (Å²) in [4.78, 5) is 34.4. The lowest BCUT2D eigenvalue weighted by molar-refractivity contribution is -0.193. The first-order chi connectivity index (χ1) is 18.6. The lowest BCUT2D eigenvalue weighted by Crippen LogP contribution is -2.37. The van der Waals surface area contributed by atoms with E-state index in [1.165, 1.54) is 16.8 Å². The van der Waals surface area contributed by atoms with Gasteiger partial charge < -0.3 is 20.1 Å². The minimum Gasteiger partial charge on any atom is -0.475 e. The summed E-state index contributed by atoms with van der Waals surface area (Å²) in [5, 5.41) is 22.1. The summed E-state index contributed by atoms with van der Waals surface area (Å²) in [6.45, 7) is 1.41. The Morgan fingerprint density at radius 3 is 2.15 bits per heavy atom. The van der Waals surface area contributed by atoms with Crippen LogP contribution in [0.4, 0.5) is 26.3 Å². The van der Waals surface area contributed by atoms with Crippen LogP contribution in [0.3, 0.4) is 0 Å². The second-order valence-corrected chi connectivity index (χ2v) is 8.54. The molecule has 0 bridgehead atoms. The number of fused-ring (bicyclic) bond motifs is 1. The lowest BCUT2D eigenvalue weighted by Gasteiger charge is -2.27. The van der Waals surface area contributed by atoms with Gasteiger partial charge in [-0.3, -0.25) is 14.5 Å². The zero-order valence-corrected chi connectivity index (χ0v) is 20.9. The average Bonchev–Trinajstić information content (AvgIpc) is 3.29. The number of nitrogens with zero attached hydrogens (tertiary/aromatic N) is 4. The van der Waals surface area contributed by atoms with Crippen molar-refractivity contribution >= 4 is 11.9 Å². The molecule has 0 spiro atoms. The van der Waals surface area contributed by atoms with Crippen LogP contribution in [0.25, 0.3) is 0 Å². The minimum atomic E-state index is -5.08. The molecule has 1 unspecified atom stereocenters. The van der Waals surface area contributed by atoms with Gasteiger partial charge in [-0.1, -0.05) is 12.1 Å². The van der Waals surface area contributed by atoms with Crippen molar-refractivity contribution in [1.82, 2.24) is 24.6 Å². The maximum absolute atomic E-state index is 12.4. The fourth-order valence-electron chi connectivity index (χ4n) is 3.67. The van der Waals surface area contributed by atoms with Crippen LogP contribution >= 0.6 is 0 Å². The number of carboxylic acids is 2. The van der Waals surface area contributed by atoms with Gasteiger partial charge in [0, 0.05) is 55.5 Å². The number of pyridine rings is 2. The fraction of sp³-hybridized carbons (Fsp3) is 0.375. The van der Waals surface area contributed by atoms with Crippen molar-refractivity contribution in [2.45, 2.75) is 50.7 Å². The zero-order chi connectivity index (χ0) is 30.1. The number of alkyl halides is 6. The molecule has 1 aliphatic carbocycles. The van der Waals surface area contributed by atoms with Gasteiger partial charge in [0.1, 0.15) is 0 Å². The molecule has 10 nitrogen and oxygen atoms in total. The Bertz CT molecular complexity index is 1310. The molecular weight excluding hydrogens is 552 g/mol. The van der Waals surface area contributed by atoms with Crippen LogP contribution < -0.4 is 10.9 Å². The van der Waals surface area contributed by atoms with E-state index in [0.29, 0.717) is 12.6 Å². The number of hydrogen-bond donors (Lipinski definition) is 3. The number of carboxylic acid groups (broad SMARTS) is 2. The summed E-state index contributed by atoms with van der Waals surface area (Å²) in [5.74, 6) is -5.51. The van der Waals surface area contributed by atoms with Crippen molar-refractivity contribution in [3.8, 4) is 0 Å². The van der Waals surface area contributed by atoms with Gasteiger partial charge in [0.05, 0.1) is 12.7 Å². The largest absolute Gasteiger partial charge is 0.490 e. The first kappa shape index (κ1) is 32.0. The number of aromatic nitrogens is 4. The van der Waals surface area contributed by atoms with E-state index in [2.05, 4.69) is 15.4 Å². The average molecular weight is 577 g/mol. The Morgan fingerprint density at radius 1 is 1.02 bits per heavy atom. The van der Waals surface area contributed by atoms with Crippen LogP contribution in [0.5, 0.6) is 0 Å². The number of hydrogen-bond acceptors (Lipinski definition) is 6. The zero-order valence-electron chi connectivity index (χ0n) is 20.9. The molecule has 16 heteroatoms. The minimum absolute atomic E-state index is 0.0642. The van der Waals surface area contributed by atoms with Crippen molar-refractivity contribution in [3.63, 3.8) is 0 Å². The molecule has 0 saturated carbocycles. The first-order valence-electron chi connectivity index (χ1n) is 11.5. The van der Waals surface area contributed by atoms with Gasteiger partial charge in [-0.25, -0.2) is 9.59 Å². The molecular formula is C24H25F6N5O5. The quantitative estimate of drug-likeness (QED) is 0.394. The first-order valence-corrected chi connectivity index (χ1v) is 11.5. The van der Waals surface area contributed by atoms with Crippen LogP contribution in [0.2, 0.25) is 0 Å². The summed E-state index contributed by atoms with van der Waals surface area (Å²) < 4.78 is 67.2. The molecule has 0 fully saturated rings. The lowest BCUT2D eigenvalue weighted by atomic mass is 9.91. The molecule has 218 valence electrons. The van der Waals surface area contributed by atoms with E-state index in [9.17, 15) is 31.1 Å². The fourth-order valence-corrected chi connectivity index (χ4v) is 3.67. The summed E-state index contributed by atoms with van der Waals surface area (Å²) in [6, 6.07) is 8.04. The van der Waals surface area contributed by atoms with Gasteiger partial charge in [0.15, 0.2) is 0 Å². The number of aliphatic carboxylic acids is 2. The van der Waals surface area contributed by atoms with Gasteiger partial charge in [0.2, 0.25) is 0 Å². The highest BCUT2D eigenvalue weighted by Crippen LogP contribution is 2.21. The SMILES string of the molecule is Cn1cc(CNC2CCc3c(ccc(=O)n3Cc3cccnc3)C2)cn1.O=C(O)C(F)(F)F.O=C(O)C(F)(F)F. The Balaban J connectivity index is 0.000000333. The molecule has 1 aliphatic rings. The van der Waals surface area contributed by atoms with Crippen LogP contribution in [-0.2, 0) is 42.6 Å². The molecule has 3 N–H and O–H groups in total. The summed E-state index contributed by atoms with van der Waals surface area (Å²) >= 11 is 0. The van der Waals surface area contributed by atoms with Crippen molar-refractivity contribution in [3.05, 3.63) is 81.8 Å². The second-order valence-electron chi connectivity index (χ2n) is 8.54. The standard InChI is InChI=1S/C20H23N5O.2C2HF3O2/c1-24-13-16(12-23-24)11-22-18-5-6-19-17(9-18)4-7-20(26)25(19)14-15-3-2-8-21-10-15;2*3-2(4,5)1(6)7/h2-4,7-8,10,12-13,18,22H,5-6,9,11,14H2,1H3;2*(H,6,7). The van der Waals surface area contributed by atoms with Gasteiger partial charge in [-0.05, 0) is 36.5 Å². The Kier molecular flexibility index (Phi) is 11.0. The van der Waals surface area contributed by atoms with E-state index in [1.54, 1.807) is 12.3 Å². The van der Waals surface area contributed by atoms with E-state index in [-0.39, 0.29) is 5.56 Å². The van der Waals surface area contributed by atoms with E-state index >= 15 is 0 Å². The van der Waals surface area contributed by atoms with Crippen molar-refractivity contribution in [2.75, 3.05) is 0 Å². The predicted octanol–water partition coefficient (Wildman–Crippen LogP) is 2.94. The highest BCUT2D eigenvalue weighted by molar-refractivity contribution is 5.73. The topological polar surface area (TPSA) is 139 Å². The predicted molar refractivity (Wildman–Crippen MR) is 127 cm³/mol. The van der Waals surface area contributed by atoms with Gasteiger partial charge in [-0.15, -0.1) is 0 Å². The third kappa shape index (κ3) is 10.2. The summed E-state index contributed by atoms with van der Waals surface area (Å²) in [6.07, 6.45) is 0.242. The number of rotatable bonds is 5. The number of aryl methyl sites for hydroxylation is 1. The Morgan fingerprint density at radius 2 is 1.65 bits per heavy atom. The molecule has 0 radical (unpaired) electrons. The van der Waals surface area contributed by atoms with Crippen molar-refractivity contribution < 1.29 is 46.1 Å². The van der Waals surface area contributed by atoms with Crippen LogP contribution in [0, 0.1) is 0 Å². The van der Waals surface area contributed by atoms with E-state index in [1.807, 2.05) is 53.1 Å². The van der Waals surface area contributed by atoms with E-state index < -0.39 is 24.3 Å². The summed E-state index contributed by atoms with van der Waals surface area (Å²) in [7, 11) is 1.93. The Hall–Kier alpha value is -4.21. The molecule has 0 aliphatic heterocycles. The molecule has 40 heavy (non-hydrogen) atoms. The van der Waals surface area contributed by atoms with Gasteiger partial charge in [0.25, 0.3) is 5.56 Å². The molecule has 3 aromatic rings. The third-order valence-corrected chi connectivity index (χ3v) is 5.49. The highest BCUT2D eigenvalue weighted by Gasteiger charge is 2.38. The smallest absolute Gasteiger partial charge is 0.475 e. The van der Waals surface area contributed by atoms with Crippen LogP contribution in [-0.4, -0.2) is 59.9 Å². The van der Waals surface area contributed by atoms with Crippen LogP contribution in [0.1, 0.15) is 28.8 Å². The number of halogens is 6. The third-order valence-electron chi connectivity index (χ3n) is 5.49. The van der Waals surface area contributed by atoms with Gasteiger partial charge >= 0.3 is 24.3 Å². The van der Waals surface area contributed by atoms with E-state index in [0.717, 1.165) is 31.4 Å². The van der Waals surface area contributed by atoms with Crippen molar-refractivity contribution in [1.29, 1.82) is 0 Å². The molecule has 4 rings (SSSR count). The molecule has 3 aromatic heterocycles. The molecule has 3 heterocycles. The van der Waals surface area contributed by atoms with E-state index in [4.69, 9.17) is 19.8 Å². The maximum Gasteiger partial charge on any atom is 0.490 e. The van der Waals surface area contributed by atoms with Crippen LogP contribution in [0.15, 0.2) is 53.8 Å². The molecule has 0 saturated heterocycles. The monoisotopic (exact) mass is 577 g/mol. The highest BCUT2D eigenvalue weighted by atomic mass is 19.4.